The molecule has 2 aromatic carbocycles. The van der Waals surface area contributed by atoms with E-state index in [1.54, 1.807) is 23.1 Å². The van der Waals surface area contributed by atoms with E-state index in [0.29, 0.717) is 37.4 Å². The first-order chi connectivity index (χ1) is 14.8. The van der Waals surface area contributed by atoms with Crippen LogP contribution in [0.15, 0.2) is 54.6 Å². The highest BCUT2D eigenvalue weighted by molar-refractivity contribution is 5.88. The minimum atomic E-state index is -0.627. The largest absolute Gasteiger partial charge is 0.354 e. The van der Waals surface area contributed by atoms with E-state index in [4.69, 9.17) is 0 Å². The molecule has 0 radical (unpaired) electrons. The molecule has 0 aliphatic rings. The van der Waals surface area contributed by atoms with Crippen LogP contribution in [0, 0.1) is 16.0 Å². The lowest BCUT2D eigenvalue weighted by molar-refractivity contribution is -0.385. The lowest BCUT2D eigenvalue weighted by Gasteiger charge is -2.31. The number of rotatable bonds is 11. The minimum Gasteiger partial charge on any atom is -0.354 e. The van der Waals surface area contributed by atoms with Gasteiger partial charge in [-0.2, -0.15) is 0 Å². The van der Waals surface area contributed by atoms with Crippen molar-refractivity contribution in [2.24, 2.45) is 5.92 Å². The molecule has 0 aliphatic heterocycles. The van der Waals surface area contributed by atoms with Gasteiger partial charge < -0.3 is 10.2 Å². The standard InChI is InChI=1S/C24H31N3O4/c1-4-21(24(29)25-17-18(2)3)26(15-14-19-10-6-5-7-11-19)23(28)16-20-12-8-9-13-22(20)27(30)31/h5-13,18,21H,4,14-17H2,1-3H3,(H,25,29)/t21-/m0/s1. The number of nitrogens with one attached hydrogen (secondary N) is 1. The summed E-state index contributed by atoms with van der Waals surface area (Å²) >= 11 is 0. The molecule has 0 bridgehead atoms. The van der Waals surface area contributed by atoms with Gasteiger partial charge in [-0.05, 0) is 24.3 Å². The predicted molar refractivity (Wildman–Crippen MR) is 121 cm³/mol. The summed E-state index contributed by atoms with van der Waals surface area (Å²) in [7, 11) is 0. The molecule has 0 spiro atoms. The molecule has 2 amide bonds. The number of hydrogen-bond acceptors (Lipinski definition) is 4. The van der Waals surface area contributed by atoms with Gasteiger partial charge in [-0.25, -0.2) is 0 Å². The normalized spacial score (nSPS) is 11.7. The molecule has 0 saturated carbocycles. The van der Waals surface area contributed by atoms with E-state index in [2.05, 4.69) is 5.32 Å². The van der Waals surface area contributed by atoms with Crippen molar-refractivity contribution in [2.45, 2.75) is 46.1 Å². The van der Waals surface area contributed by atoms with E-state index in [1.165, 1.54) is 6.07 Å². The summed E-state index contributed by atoms with van der Waals surface area (Å²) in [6.07, 6.45) is 0.929. The first-order valence-electron chi connectivity index (χ1n) is 10.7. The summed E-state index contributed by atoms with van der Waals surface area (Å²) in [4.78, 5) is 38.6. The maximum Gasteiger partial charge on any atom is 0.273 e. The SMILES string of the molecule is CC[C@@H](C(=O)NCC(C)C)N(CCc1ccccc1)C(=O)Cc1ccccc1[N+](=O)[O-]. The molecule has 2 rings (SSSR count). The molecule has 0 aliphatic carbocycles. The van der Waals surface area contributed by atoms with Crippen molar-refractivity contribution < 1.29 is 14.5 Å². The summed E-state index contributed by atoms with van der Waals surface area (Å²) in [5, 5.41) is 14.3. The van der Waals surface area contributed by atoms with Gasteiger partial charge in [0.25, 0.3) is 5.69 Å². The van der Waals surface area contributed by atoms with Crippen LogP contribution in [0.25, 0.3) is 0 Å². The van der Waals surface area contributed by atoms with Crippen LogP contribution in [-0.4, -0.2) is 40.8 Å². The number of carbonyl (C=O) groups is 2. The van der Waals surface area contributed by atoms with E-state index in [-0.39, 0.29) is 23.9 Å². The monoisotopic (exact) mass is 425 g/mol. The Kier molecular flexibility index (Phi) is 9.18. The topological polar surface area (TPSA) is 92.6 Å². The molecule has 166 valence electrons. The highest BCUT2D eigenvalue weighted by Gasteiger charge is 2.29. The van der Waals surface area contributed by atoms with Gasteiger partial charge in [-0.15, -0.1) is 0 Å². The van der Waals surface area contributed by atoms with Crippen LogP contribution in [0.4, 0.5) is 5.69 Å². The molecule has 7 nitrogen and oxygen atoms in total. The molecule has 0 heterocycles. The second-order valence-corrected chi connectivity index (χ2v) is 7.95. The van der Waals surface area contributed by atoms with Gasteiger partial charge in [0.2, 0.25) is 11.8 Å². The summed E-state index contributed by atoms with van der Waals surface area (Å²) in [6, 6.07) is 15.4. The van der Waals surface area contributed by atoms with E-state index >= 15 is 0 Å². The summed E-state index contributed by atoms with van der Waals surface area (Å²) in [6.45, 7) is 6.77. The average Bonchev–Trinajstić information content (AvgIpc) is 2.75. The Labute approximate surface area is 183 Å². The van der Waals surface area contributed by atoms with Crippen LogP contribution >= 0.6 is 0 Å². The fraction of sp³-hybridized carbons (Fsp3) is 0.417. The van der Waals surface area contributed by atoms with E-state index in [0.717, 1.165) is 5.56 Å². The van der Waals surface area contributed by atoms with Crippen LogP contribution in [0.2, 0.25) is 0 Å². The Bertz CT molecular complexity index is 883. The van der Waals surface area contributed by atoms with Gasteiger partial charge in [-0.3, -0.25) is 19.7 Å². The summed E-state index contributed by atoms with van der Waals surface area (Å²) in [5.41, 5.74) is 1.32. The smallest absolute Gasteiger partial charge is 0.273 e. The highest BCUT2D eigenvalue weighted by Crippen LogP contribution is 2.20. The van der Waals surface area contributed by atoms with Crippen molar-refractivity contribution in [3.63, 3.8) is 0 Å². The summed E-state index contributed by atoms with van der Waals surface area (Å²) in [5.74, 6) is -0.196. The molecule has 2 aromatic rings. The first-order valence-corrected chi connectivity index (χ1v) is 10.7. The Morgan fingerprint density at radius 3 is 2.32 bits per heavy atom. The zero-order chi connectivity index (χ0) is 22.8. The Morgan fingerprint density at radius 1 is 1.06 bits per heavy atom. The lowest BCUT2D eigenvalue weighted by atomic mass is 10.0. The number of nitro benzene ring substituents is 1. The molecule has 0 saturated heterocycles. The maximum atomic E-state index is 13.3. The fourth-order valence-corrected chi connectivity index (χ4v) is 3.42. The average molecular weight is 426 g/mol. The maximum absolute atomic E-state index is 13.3. The zero-order valence-corrected chi connectivity index (χ0v) is 18.4. The molecular weight excluding hydrogens is 394 g/mol. The number of para-hydroxylation sites is 1. The third-order valence-electron chi connectivity index (χ3n) is 5.08. The Balaban J connectivity index is 2.25. The van der Waals surface area contributed by atoms with Crippen molar-refractivity contribution in [3.05, 3.63) is 75.8 Å². The van der Waals surface area contributed by atoms with Gasteiger partial charge in [0.1, 0.15) is 6.04 Å². The third-order valence-corrected chi connectivity index (χ3v) is 5.08. The molecule has 0 aromatic heterocycles. The molecule has 0 unspecified atom stereocenters. The van der Waals surface area contributed by atoms with Crippen LogP contribution < -0.4 is 5.32 Å². The van der Waals surface area contributed by atoms with E-state index in [1.807, 2.05) is 51.1 Å². The predicted octanol–water partition coefficient (Wildman–Crippen LogP) is 3.76. The molecule has 0 fully saturated rings. The van der Waals surface area contributed by atoms with Gasteiger partial charge in [0, 0.05) is 24.7 Å². The molecule has 1 N–H and O–H groups in total. The summed E-state index contributed by atoms with van der Waals surface area (Å²) < 4.78 is 0. The van der Waals surface area contributed by atoms with E-state index < -0.39 is 11.0 Å². The molecule has 1 atom stereocenters. The third kappa shape index (κ3) is 7.20. The second kappa shape index (κ2) is 11.8. The number of benzene rings is 2. The highest BCUT2D eigenvalue weighted by atomic mass is 16.6. The number of hydrogen-bond donors (Lipinski definition) is 1. The molecular formula is C24H31N3O4. The minimum absolute atomic E-state index is 0.0869. The van der Waals surface area contributed by atoms with Crippen molar-refractivity contribution in [1.29, 1.82) is 0 Å². The van der Waals surface area contributed by atoms with E-state index in [9.17, 15) is 19.7 Å². The van der Waals surface area contributed by atoms with Gasteiger partial charge in [0.05, 0.1) is 11.3 Å². The molecule has 7 heteroatoms. The Morgan fingerprint density at radius 2 is 1.71 bits per heavy atom. The van der Waals surface area contributed by atoms with Crippen molar-refractivity contribution >= 4 is 17.5 Å². The van der Waals surface area contributed by atoms with Crippen molar-refractivity contribution in [2.75, 3.05) is 13.1 Å². The van der Waals surface area contributed by atoms with Gasteiger partial charge in [-0.1, -0.05) is 69.3 Å². The van der Waals surface area contributed by atoms with Crippen LogP contribution in [0.1, 0.15) is 38.3 Å². The van der Waals surface area contributed by atoms with Crippen LogP contribution in [-0.2, 0) is 22.4 Å². The van der Waals surface area contributed by atoms with Crippen molar-refractivity contribution in [1.82, 2.24) is 10.2 Å². The number of nitro groups is 1. The Hall–Kier alpha value is -3.22. The van der Waals surface area contributed by atoms with Gasteiger partial charge >= 0.3 is 0 Å². The van der Waals surface area contributed by atoms with Gasteiger partial charge in [0.15, 0.2) is 0 Å². The zero-order valence-electron chi connectivity index (χ0n) is 18.4. The van der Waals surface area contributed by atoms with Crippen LogP contribution in [0.3, 0.4) is 0 Å². The number of amides is 2. The first kappa shape index (κ1) is 24.1. The fourth-order valence-electron chi connectivity index (χ4n) is 3.42. The lowest BCUT2D eigenvalue weighted by Crippen LogP contribution is -2.51. The number of carbonyl (C=O) groups excluding carboxylic acids is 2. The quantitative estimate of drug-likeness (QED) is 0.438. The number of nitrogens with zero attached hydrogens (tertiary/aromatic N) is 2. The van der Waals surface area contributed by atoms with Crippen LogP contribution in [0.5, 0.6) is 0 Å². The molecule has 31 heavy (non-hydrogen) atoms. The second-order valence-electron chi connectivity index (χ2n) is 7.95. The van der Waals surface area contributed by atoms with Crippen molar-refractivity contribution in [3.8, 4) is 0 Å².